The Balaban J connectivity index is 1.85. The summed E-state index contributed by atoms with van der Waals surface area (Å²) in [6.07, 6.45) is 3.35. The number of thiocarbonyl (C=S) groups is 1. The zero-order valence-electron chi connectivity index (χ0n) is 14.1. The number of esters is 1. The Labute approximate surface area is 161 Å². The van der Waals surface area contributed by atoms with Gasteiger partial charge < -0.3 is 15.4 Å². The van der Waals surface area contributed by atoms with E-state index < -0.39 is 0 Å². The number of aromatic nitrogens is 1. The number of nitrogens with zero attached hydrogens (tertiary/aromatic N) is 1. The van der Waals surface area contributed by atoms with E-state index in [4.69, 9.17) is 17.0 Å². The van der Waals surface area contributed by atoms with Crippen molar-refractivity contribution >= 4 is 45.3 Å². The first-order valence-electron chi connectivity index (χ1n) is 8.01. The van der Waals surface area contributed by atoms with Gasteiger partial charge in [0.15, 0.2) is 5.11 Å². The van der Waals surface area contributed by atoms with E-state index in [0.29, 0.717) is 22.3 Å². The third-order valence-electron chi connectivity index (χ3n) is 3.45. The van der Waals surface area contributed by atoms with E-state index in [1.165, 1.54) is 11.3 Å². The predicted molar refractivity (Wildman–Crippen MR) is 110 cm³/mol. The number of hydrogen-bond acceptors (Lipinski definition) is 5. The van der Waals surface area contributed by atoms with E-state index in [1.54, 1.807) is 19.3 Å². The lowest BCUT2D eigenvalue weighted by atomic mass is 10.1. The molecule has 3 aromatic rings. The summed E-state index contributed by atoms with van der Waals surface area (Å²) in [5.41, 5.74) is 2.31. The van der Waals surface area contributed by atoms with Crippen LogP contribution in [-0.4, -0.2) is 22.7 Å². The van der Waals surface area contributed by atoms with Crippen LogP contribution < -0.4 is 10.6 Å². The summed E-state index contributed by atoms with van der Waals surface area (Å²) in [5.74, 6) is -0.375. The molecule has 0 aliphatic carbocycles. The maximum Gasteiger partial charge on any atom is 0.341 e. The fourth-order valence-electron chi connectivity index (χ4n) is 2.29. The number of rotatable bonds is 5. The van der Waals surface area contributed by atoms with Crippen molar-refractivity contribution in [2.45, 2.75) is 6.92 Å². The summed E-state index contributed by atoms with van der Waals surface area (Å²) >= 11 is 6.82. The second-order valence-corrected chi connectivity index (χ2v) is 6.72. The number of thiophene rings is 1. The average molecular weight is 383 g/mol. The molecule has 26 heavy (non-hydrogen) atoms. The van der Waals surface area contributed by atoms with Crippen LogP contribution in [-0.2, 0) is 4.74 Å². The molecule has 1 aromatic carbocycles. The number of nitrogens with one attached hydrogen (secondary N) is 2. The highest BCUT2D eigenvalue weighted by molar-refractivity contribution is 7.80. The lowest BCUT2D eigenvalue weighted by molar-refractivity contribution is 0.0528. The van der Waals surface area contributed by atoms with Gasteiger partial charge in [-0.2, -0.15) is 0 Å². The van der Waals surface area contributed by atoms with E-state index in [0.717, 1.165) is 16.1 Å². The van der Waals surface area contributed by atoms with Crippen molar-refractivity contribution in [3.8, 4) is 10.4 Å². The molecule has 0 aliphatic rings. The first-order chi connectivity index (χ1) is 12.7. The highest BCUT2D eigenvalue weighted by Crippen LogP contribution is 2.36. The molecule has 0 fully saturated rings. The molecule has 0 radical (unpaired) electrons. The van der Waals surface area contributed by atoms with Gasteiger partial charge in [-0.3, -0.25) is 4.98 Å². The van der Waals surface area contributed by atoms with Crippen molar-refractivity contribution in [2.24, 2.45) is 0 Å². The highest BCUT2D eigenvalue weighted by atomic mass is 32.1. The summed E-state index contributed by atoms with van der Waals surface area (Å²) in [5, 5.41) is 7.22. The molecule has 0 spiro atoms. The number of anilines is 2. The molecule has 0 saturated heterocycles. The number of ether oxygens (including phenoxy) is 1. The van der Waals surface area contributed by atoms with Crippen molar-refractivity contribution < 1.29 is 9.53 Å². The molecule has 0 amide bonds. The number of hydrogen-bond donors (Lipinski definition) is 2. The third kappa shape index (κ3) is 4.44. The van der Waals surface area contributed by atoms with Crippen LogP contribution in [0.4, 0.5) is 10.7 Å². The van der Waals surface area contributed by atoms with Gasteiger partial charge in [0.25, 0.3) is 0 Å². The molecule has 2 heterocycles. The topological polar surface area (TPSA) is 63.2 Å². The molecule has 7 heteroatoms. The normalized spacial score (nSPS) is 10.2. The van der Waals surface area contributed by atoms with Gasteiger partial charge in [-0.15, -0.1) is 11.3 Å². The molecular formula is C19H17N3O2S2. The number of pyridine rings is 1. The summed E-state index contributed by atoms with van der Waals surface area (Å²) in [7, 11) is 0. The van der Waals surface area contributed by atoms with Crippen LogP contribution in [0, 0.1) is 0 Å². The molecule has 3 rings (SSSR count). The van der Waals surface area contributed by atoms with Crippen LogP contribution in [0.3, 0.4) is 0 Å². The van der Waals surface area contributed by atoms with Crippen LogP contribution >= 0.6 is 23.6 Å². The molecule has 2 aromatic heterocycles. The van der Waals surface area contributed by atoms with Gasteiger partial charge in [0.05, 0.1) is 12.2 Å². The molecule has 0 saturated carbocycles. The summed E-state index contributed by atoms with van der Waals surface area (Å²) in [4.78, 5) is 17.3. The lowest BCUT2D eigenvalue weighted by Crippen LogP contribution is -2.20. The van der Waals surface area contributed by atoms with Gasteiger partial charge in [0.1, 0.15) is 5.00 Å². The van der Waals surface area contributed by atoms with E-state index >= 15 is 0 Å². The SMILES string of the molecule is CCOC(=O)c1cc(-c2ccccc2)sc1NC(=S)Nc1ccncc1. The average Bonchev–Trinajstić information content (AvgIpc) is 3.07. The Kier molecular flexibility index (Phi) is 5.93. The molecule has 0 aliphatic heterocycles. The summed E-state index contributed by atoms with van der Waals surface area (Å²) < 4.78 is 5.17. The Hall–Kier alpha value is -2.77. The van der Waals surface area contributed by atoms with Crippen LogP contribution in [0.2, 0.25) is 0 Å². The zero-order valence-corrected chi connectivity index (χ0v) is 15.7. The second kappa shape index (κ2) is 8.55. The quantitative estimate of drug-likeness (QED) is 0.488. The Morgan fingerprint density at radius 1 is 1.15 bits per heavy atom. The molecule has 132 valence electrons. The van der Waals surface area contributed by atoms with E-state index in [1.807, 2.05) is 48.5 Å². The Morgan fingerprint density at radius 3 is 2.58 bits per heavy atom. The van der Waals surface area contributed by atoms with Crippen molar-refractivity contribution in [1.29, 1.82) is 0 Å². The van der Waals surface area contributed by atoms with Crippen LogP contribution in [0.15, 0.2) is 60.9 Å². The third-order valence-corrected chi connectivity index (χ3v) is 4.75. The standard InChI is InChI=1S/C19H17N3O2S2/c1-2-24-18(23)15-12-16(13-6-4-3-5-7-13)26-17(15)22-19(25)21-14-8-10-20-11-9-14/h3-12H,2H2,1H3,(H2,20,21,22,25). The maximum absolute atomic E-state index is 12.3. The van der Waals surface area contributed by atoms with Gasteiger partial charge in [-0.25, -0.2) is 4.79 Å². The monoisotopic (exact) mass is 383 g/mol. The minimum Gasteiger partial charge on any atom is -0.462 e. The molecule has 0 unspecified atom stereocenters. The first kappa shape index (κ1) is 18.0. The molecule has 0 atom stereocenters. The minimum atomic E-state index is -0.375. The largest absolute Gasteiger partial charge is 0.462 e. The summed E-state index contributed by atoms with van der Waals surface area (Å²) in [6, 6.07) is 15.3. The van der Waals surface area contributed by atoms with Crippen molar-refractivity contribution in [3.05, 3.63) is 66.5 Å². The molecular weight excluding hydrogens is 366 g/mol. The fraction of sp³-hybridized carbons (Fsp3) is 0.105. The van der Waals surface area contributed by atoms with E-state index in [9.17, 15) is 4.79 Å². The predicted octanol–water partition coefficient (Wildman–Crippen LogP) is 4.80. The summed E-state index contributed by atoms with van der Waals surface area (Å²) in [6.45, 7) is 2.10. The first-order valence-corrected chi connectivity index (χ1v) is 9.24. The van der Waals surface area contributed by atoms with Crippen LogP contribution in [0.1, 0.15) is 17.3 Å². The van der Waals surface area contributed by atoms with Gasteiger partial charge in [0.2, 0.25) is 0 Å². The maximum atomic E-state index is 12.3. The van der Waals surface area contributed by atoms with Gasteiger partial charge >= 0.3 is 5.97 Å². The fourth-order valence-corrected chi connectivity index (χ4v) is 3.63. The number of carbonyl (C=O) groups is 1. The smallest absolute Gasteiger partial charge is 0.341 e. The highest BCUT2D eigenvalue weighted by Gasteiger charge is 2.19. The van der Waals surface area contributed by atoms with Gasteiger partial charge in [0, 0.05) is 23.0 Å². The van der Waals surface area contributed by atoms with Gasteiger partial charge in [-0.05, 0) is 42.9 Å². The van der Waals surface area contributed by atoms with Crippen molar-refractivity contribution in [3.63, 3.8) is 0 Å². The van der Waals surface area contributed by atoms with Crippen molar-refractivity contribution in [2.75, 3.05) is 17.2 Å². The molecule has 0 bridgehead atoms. The van der Waals surface area contributed by atoms with Crippen LogP contribution in [0.5, 0.6) is 0 Å². The Bertz CT molecular complexity index is 896. The van der Waals surface area contributed by atoms with Gasteiger partial charge in [-0.1, -0.05) is 30.3 Å². The number of carbonyl (C=O) groups excluding carboxylic acids is 1. The lowest BCUT2D eigenvalue weighted by Gasteiger charge is -2.10. The zero-order chi connectivity index (χ0) is 18.4. The van der Waals surface area contributed by atoms with Crippen LogP contribution in [0.25, 0.3) is 10.4 Å². The minimum absolute atomic E-state index is 0.314. The molecule has 5 nitrogen and oxygen atoms in total. The second-order valence-electron chi connectivity index (χ2n) is 5.25. The number of benzene rings is 1. The van der Waals surface area contributed by atoms with E-state index in [-0.39, 0.29) is 5.97 Å². The van der Waals surface area contributed by atoms with Crippen molar-refractivity contribution in [1.82, 2.24) is 4.98 Å². The van der Waals surface area contributed by atoms with E-state index in [2.05, 4.69) is 15.6 Å². The molecule has 2 N–H and O–H groups in total. The Morgan fingerprint density at radius 2 is 1.88 bits per heavy atom.